The summed E-state index contributed by atoms with van der Waals surface area (Å²) in [5.74, 6) is 2.52. The van der Waals surface area contributed by atoms with E-state index in [0.717, 1.165) is 41.2 Å². The monoisotopic (exact) mass is 312 g/mol. The molecular formula is C15H21BrO2. The Balaban J connectivity index is 2.16. The molecule has 3 heteroatoms. The van der Waals surface area contributed by atoms with Crippen molar-refractivity contribution in [2.75, 3.05) is 7.11 Å². The predicted octanol–water partition coefficient (Wildman–Crippen LogP) is 4.55. The van der Waals surface area contributed by atoms with Crippen LogP contribution in [0.1, 0.15) is 38.2 Å². The summed E-state index contributed by atoms with van der Waals surface area (Å²) in [6.07, 6.45) is 5.24. The maximum atomic E-state index is 6.21. The van der Waals surface area contributed by atoms with Gasteiger partial charge < -0.3 is 9.47 Å². The van der Waals surface area contributed by atoms with Gasteiger partial charge in [0.2, 0.25) is 0 Å². The maximum absolute atomic E-state index is 6.21. The first-order valence-electron chi connectivity index (χ1n) is 6.63. The molecule has 1 saturated carbocycles. The van der Waals surface area contributed by atoms with Gasteiger partial charge in [-0.25, -0.2) is 0 Å². The Labute approximate surface area is 118 Å². The number of ether oxygens (including phenoxy) is 2. The lowest BCUT2D eigenvalue weighted by molar-refractivity contribution is 0.124. The van der Waals surface area contributed by atoms with Crippen molar-refractivity contribution in [3.63, 3.8) is 0 Å². The molecule has 18 heavy (non-hydrogen) atoms. The van der Waals surface area contributed by atoms with Gasteiger partial charge >= 0.3 is 0 Å². The highest BCUT2D eigenvalue weighted by molar-refractivity contribution is 9.08. The molecule has 1 aliphatic carbocycles. The molecule has 0 radical (unpaired) electrons. The molecule has 0 N–H and O–H groups in total. The minimum absolute atomic E-state index is 0.336. The van der Waals surface area contributed by atoms with Crippen molar-refractivity contribution in [1.82, 2.24) is 0 Å². The van der Waals surface area contributed by atoms with E-state index in [4.69, 9.17) is 9.47 Å². The fourth-order valence-electron chi connectivity index (χ4n) is 2.61. The number of benzene rings is 1. The molecule has 1 fully saturated rings. The van der Waals surface area contributed by atoms with Crippen LogP contribution in [0.3, 0.4) is 0 Å². The molecule has 1 aromatic rings. The molecule has 2 unspecified atom stereocenters. The van der Waals surface area contributed by atoms with Gasteiger partial charge in [0.15, 0.2) is 11.5 Å². The first kappa shape index (κ1) is 13.7. The molecule has 0 aromatic heterocycles. The van der Waals surface area contributed by atoms with E-state index in [9.17, 15) is 0 Å². The number of methoxy groups -OCH3 is 1. The van der Waals surface area contributed by atoms with Crippen LogP contribution in [0.25, 0.3) is 0 Å². The number of hydrogen-bond donors (Lipinski definition) is 0. The van der Waals surface area contributed by atoms with E-state index in [-0.39, 0.29) is 0 Å². The lowest BCUT2D eigenvalue weighted by atomic mass is 9.88. The van der Waals surface area contributed by atoms with Gasteiger partial charge in [0.25, 0.3) is 0 Å². The Morgan fingerprint density at radius 3 is 2.83 bits per heavy atom. The third-order valence-corrected chi connectivity index (χ3v) is 4.20. The topological polar surface area (TPSA) is 18.5 Å². The summed E-state index contributed by atoms with van der Waals surface area (Å²) in [7, 11) is 1.70. The van der Waals surface area contributed by atoms with Crippen molar-refractivity contribution in [1.29, 1.82) is 0 Å². The average Bonchev–Trinajstić information content (AvgIpc) is 2.39. The smallest absolute Gasteiger partial charge is 0.165 e. The molecule has 0 amide bonds. The lowest BCUT2D eigenvalue weighted by Gasteiger charge is -2.28. The van der Waals surface area contributed by atoms with E-state index < -0.39 is 0 Å². The number of para-hydroxylation sites is 1. The van der Waals surface area contributed by atoms with E-state index in [1.54, 1.807) is 7.11 Å². The summed E-state index contributed by atoms with van der Waals surface area (Å²) < 4.78 is 11.6. The van der Waals surface area contributed by atoms with Gasteiger partial charge in [-0.15, -0.1) is 0 Å². The normalized spacial score (nSPS) is 23.7. The molecule has 2 rings (SSSR count). The Morgan fingerprint density at radius 2 is 2.17 bits per heavy atom. The van der Waals surface area contributed by atoms with E-state index in [1.165, 1.54) is 12.8 Å². The minimum Gasteiger partial charge on any atom is -0.493 e. The third kappa shape index (κ3) is 3.19. The Morgan fingerprint density at radius 1 is 1.33 bits per heavy atom. The molecule has 1 aliphatic rings. The molecule has 1 aromatic carbocycles. The van der Waals surface area contributed by atoms with Crippen LogP contribution in [0.2, 0.25) is 0 Å². The first-order valence-corrected chi connectivity index (χ1v) is 7.75. The van der Waals surface area contributed by atoms with Crippen LogP contribution in [-0.4, -0.2) is 13.2 Å². The Kier molecular flexibility index (Phi) is 4.93. The number of hydrogen-bond acceptors (Lipinski definition) is 2. The Hall–Kier alpha value is -0.700. The molecule has 2 nitrogen and oxygen atoms in total. The van der Waals surface area contributed by atoms with E-state index in [2.05, 4.69) is 28.9 Å². The SMILES string of the molecule is COc1cccc(CBr)c1OC1CCCC(C)C1. The van der Waals surface area contributed by atoms with Gasteiger partial charge in [0.05, 0.1) is 13.2 Å². The number of alkyl halides is 1. The minimum atomic E-state index is 0.336. The van der Waals surface area contributed by atoms with Crippen molar-refractivity contribution < 1.29 is 9.47 Å². The largest absolute Gasteiger partial charge is 0.493 e. The summed E-state index contributed by atoms with van der Waals surface area (Å²) in [5, 5.41) is 0.793. The summed E-state index contributed by atoms with van der Waals surface area (Å²) in [4.78, 5) is 0. The van der Waals surface area contributed by atoms with Crippen molar-refractivity contribution in [3.05, 3.63) is 23.8 Å². The summed E-state index contributed by atoms with van der Waals surface area (Å²) in [6, 6.07) is 6.05. The molecule has 2 atom stereocenters. The molecule has 0 heterocycles. The third-order valence-electron chi connectivity index (χ3n) is 3.60. The van der Waals surface area contributed by atoms with Crippen LogP contribution in [0, 0.1) is 5.92 Å². The van der Waals surface area contributed by atoms with Gasteiger partial charge in [-0.1, -0.05) is 41.4 Å². The fraction of sp³-hybridized carbons (Fsp3) is 0.600. The van der Waals surface area contributed by atoms with Crippen molar-refractivity contribution in [2.45, 2.75) is 44.0 Å². The van der Waals surface area contributed by atoms with E-state index in [0.29, 0.717) is 6.10 Å². The second-order valence-corrected chi connectivity index (χ2v) is 5.65. The maximum Gasteiger partial charge on any atom is 0.165 e. The van der Waals surface area contributed by atoms with Crippen molar-refractivity contribution in [2.24, 2.45) is 5.92 Å². The molecular weight excluding hydrogens is 292 g/mol. The van der Waals surface area contributed by atoms with Crippen LogP contribution in [0.5, 0.6) is 11.5 Å². The zero-order chi connectivity index (χ0) is 13.0. The number of rotatable bonds is 4. The second kappa shape index (κ2) is 6.46. The molecule has 0 saturated heterocycles. The van der Waals surface area contributed by atoms with Crippen LogP contribution in [0.4, 0.5) is 0 Å². The predicted molar refractivity (Wildman–Crippen MR) is 77.7 cm³/mol. The van der Waals surface area contributed by atoms with Gasteiger partial charge in [-0.2, -0.15) is 0 Å². The molecule has 0 aliphatic heterocycles. The van der Waals surface area contributed by atoms with Gasteiger partial charge in [-0.3, -0.25) is 0 Å². The lowest BCUT2D eigenvalue weighted by Crippen LogP contribution is -2.24. The van der Waals surface area contributed by atoms with Crippen LogP contribution in [0.15, 0.2) is 18.2 Å². The van der Waals surface area contributed by atoms with Gasteiger partial charge in [0.1, 0.15) is 0 Å². The highest BCUT2D eigenvalue weighted by Gasteiger charge is 2.22. The van der Waals surface area contributed by atoms with Crippen molar-refractivity contribution >= 4 is 15.9 Å². The fourth-order valence-corrected chi connectivity index (χ4v) is 3.05. The van der Waals surface area contributed by atoms with Crippen LogP contribution in [-0.2, 0) is 5.33 Å². The average molecular weight is 313 g/mol. The highest BCUT2D eigenvalue weighted by Crippen LogP contribution is 2.36. The van der Waals surface area contributed by atoms with Gasteiger partial charge in [0, 0.05) is 10.9 Å². The highest BCUT2D eigenvalue weighted by atomic mass is 79.9. The summed E-state index contributed by atoms with van der Waals surface area (Å²) in [5.41, 5.74) is 1.16. The van der Waals surface area contributed by atoms with E-state index in [1.807, 2.05) is 12.1 Å². The number of halogens is 1. The second-order valence-electron chi connectivity index (χ2n) is 5.09. The van der Waals surface area contributed by atoms with Gasteiger partial charge in [-0.05, 0) is 31.2 Å². The van der Waals surface area contributed by atoms with Crippen LogP contribution >= 0.6 is 15.9 Å². The molecule has 0 spiro atoms. The van der Waals surface area contributed by atoms with Crippen LogP contribution < -0.4 is 9.47 Å². The first-order chi connectivity index (χ1) is 8.74. The van der Waals surface area contributed by atoms with E-state index >= 15 is 0 Å². The quantitative estimate of drug-likeness (QED) is 0.759. The Bertz CT molecular complexity index is 370. The molecule has 100 valence electrons. The van der Waals surface area contributed by atoms with Crippen molar-refractivity contribution in [3.8, 4) is 11.5 Å². The summed E-state index contributed by atoms with van der Waals surface area (Å²) >= 11 is 3.51. The molecule has 0 bridgehead atoms. The zero-order valence-corrected chi connectivity index (χ0v) is 12.7. The standard InChI is InChI=1S/C15H21BrO2/c1-11-5-3-7-13(9-11)18-15-12(10-16)6-4-8-14(15)17-2/h4,6,8,11,13H,3,5,7,9-10H2,1-2H3. The summed E-state index contributed by atoms with van der Waals surface area (Å²) in [6.45, 7) is 2.31. The zero-order valence-electron chi connectivity index (χ0n) is 11.1.